The predicted octanol–water partition coefficient (Wildman–Crippen LogP) is 2.49. The van der Waals surface area contributed by atoms with E-state index in [9.17, 15) is 8.42 Å². The quantitative estimate of drug-likeness (QED) is 0.806. The first kappa shape index (κ1) is 11.4. The van der Waals surface area contributed by atoms with Crippen molar-refractivity contribution in [3.63, 3.8) is 0 Å². The van der Waals surface area contributed by atoms with E-state index in [4.69, 9.17) is 10.7 Å². The van der Waals surface area contributed by atoms with Gasteiger partial charge in [-0.1, -0.05) is 0 Å². The Bertz CT molecular complexity index is 485. The number of halogens is 2. The molecular weight excluding hydrogens is 302 g/mol. The number of rotatable bonds is 3. The molecule has 3 nitrogen and oxygen atoms in total. The Hall–Kier alpha value is -0.130. The molecule has 0 aliphatic heterocycles. The van der Waals surface area contributed by atoms with Crippen LogP contribution in [0.15, 0.2) is 22.9 Å². The fraction of sp³-hybridized carbons (Fsp3) is 0.444. The fourth-order valence-corrected chi connectivity index (χ4v) is 3.54. The lowest BCUT2D eigenvalue weighted by molar-refractivity contribution is 0.590. The smallest absolute Gasteiger partial charge is 0.238 e. The van der Waals surface area contributed by atoms with Gasteiger partial charge in [-0.15, -0.1) is 0 Å². The van der Waals surface area contributed by atoms with E-state index in [0.717, 1.165) is 10.0 Å². The number of hydrogen-bond donors (Lipinski definition) is 0. The average Bonchev–Trinajstić information content (AvgIpc) is 2.84. The highest BCUT2D eigenvalue weighted by Crippen LogP contribution is 2.48. The largest absolute Gasteiger partial charge is 0.263 e. The summed E-state index contributed by atoms with van der Waals surface area (Å²) in [7, 11) is 1.94. The van der Waals surface area contributed by atoms with E-state index < -0.39 is 13.8 Å². The Labute approximate surface area is 101 Å². The zero-order valence-corrected chi connectivity index (χ0v) is 10.9. The van der Waals surface area contributed by atoms with Crippen LogP contribution in [0, 0.1) is 0 Å². The van der Waals surface area contributed by atoms with Crippen LogP contribution in [0.5, 0.6) is 0 Å². The van der Waals surface area contributed by atoms with Crippen LogP contribution in [0.4, 0.5) is 0 Å². The second-order valence-electron chi connectivity index (χ2n) is 3.81. The molecule has 1 heterocycles. The van der Waals surface area contributed by atoms with Crippen molar-refractivity contribution in [3.05, 3.63) is 28.5 Å². The van der Waals surface area contributed by atoms with Crippen molar-refractivity contribution in [1.29, 1.82) is 0 Å². The zero-order valence-electron chi connectivity index (χ0n) is 7.78. The van der Waals surface area contributed by atoms with Gasteiger partial charge in [0.05, 0.1) is 4.75 Å². The van der Waals surface area contributed by atoms with Gasteiger partial charge >= 0.3 is 0 Å². The van der Waals surface area contributed by atoms with Gasteiger partial charge in [0.2, 0.25) is 9.05 Å². The van der Waals surface area contributed by atoms with Crippen LogP contribution in [0.2, 0.25) is 0 Å². The molecule has 0 amide bonds. The van der Waals surface area contributed by atoms with Crippen molar-refractivity contribution in [1.82, 2.24) is 4.98 Å². The third kappa shape index (κ3) is 2.34. The Kier molecular flexibility index (Phi) is 2.81. The third-order valence-corrected chi connectivity index (χ3v) is 5.62. The molecule has 1 aromatic rings. The minimum Gasteiger partial charge on any atom is -0.263 e. The predicted molar refractivity (Wildman–Crippen MR) is 62.4 cm³/mol. The molecule has 0 unspecified atom stereocenters. The number of nitrogens with zero attached hydrogens (tertiary/aromatic N) is 1. The molecule has 1 fully saturated rings. The maximum absolute atomic E-state index is 11.3. The highest BCUT2D eigenvalue weighted by molar-refractivity contribution is 9.10. The van der Waals surface area contributed by atoms with E-state index in [0.29, 0.717) is 19.3 Å². The molecular formula is C9H9BrClNO2S. The number of aromatic nitrogens is 1. The average molecular weight is 311 g/mol. The summed E-state index contributed by atoms with van der Waals surface area (Å²) in [5.41, 5.74) is 0.895. The monoisotopic (exact) mass is 309 g/mol. The van der Waals surface area contributed by atoms with Crippen molar-refractivity contribution < 1.29 is 8.42 Å². The van der Waals surface area contributed by atoms with Gasteiger partial charge < -0.3 is 0 Å². The van der Waals surface area contributed by atoms with Crippen LogP contribution < -0.4 is 0 Å². The molecule has 0 aromatic carbocycles. The molecule has 82 valence electrons. The SMILES string of the molecule is O=S(=O)(Cl)C1(Cc2cncc(Br)c2)CC1. The van der Waals surface area contributed by atoms with Crippen LogP contribution in [0.25, 0.3) is 0 Å². The van der Waals surface area contributed by atoms with Gasteiger partial charge in [0.25, 0.3) is 0 Å². The van der Waals surface area contributed by atoms with Gasteiger partial charge in [0.1, 0.15) is 0 Å². The Balaban J connectivity index is 2.24. The zero-order chi connectivity index (χ0) is 11.1. The second kappa shape index (κ2) is 3.71. The molecule has 0 atom stereocenters. The minimum absolute atomic E-state index is 0.450. The molecule has 0 saturated heterocycles. The van der Waals surface area contributed by atoms with Crippen LogP contribution in [0.1, 0.15) is 18.4 Å². The summed E-state index contributed by atoms with van der Waals surface area (Å²) in [6.45, 7) is 0. The maximum atomic E-state index is 11.3. The topological polar surface area (TPSA) is 47.0 Å². The van der Waals surface area contributed by atoms with Crippen LogP contribution in [-0.2, 0) is 15.5 Å². The molecule has 0 radical (unpaired) electrons. The van der Waals surface area contributed by atoms with E-state index >= 15 is 0 Å². The van der Waals surface area contributed by atoms with Gasteiger partial charge in [-0.05, 0) is 46.8 Å². The first-order chi connectivity index (χ1) is 6.93. The molecule has 1 aliphatic rings. The summed E-state index contributed by atoms with van der Waals surface area (Å²) in [6.07, 6.45) is 5.08. The summed E-state index contributed by atoms with van der Waals surface area (Å²) >= 11 is 3.30. The third-order valence-electron chi connectivity index (χ3n) is 2.61. The Morgan fingerprint density at radius 1 is 1.47 bits per heavy atom. The molecule has 1 saturated carbocycles. The number of pyridine rings is 1. The molecule has 1 aliphatic carbocycles. The molecule has 0 N–H and O–H groups in total. The van der Waals surface area contributed by atoms with Crippen molar-refractivity contribution >= 4 is 35.7 Å². The van der Waals surface area contributed by atoms with E-state index in [1.165, 1.54) is 0 Å². The lowest BCUT2D eigenvalue weighted by atomic mass is 10.1. The summed E-state index contributed by atoms with van der Waals surface area (Å²) in [5.74, 6) is 0. The van der Waals surface area contributed by atoms with E-state index in [-0.39, 0.29) is 0 Å². The maximum Gasteiger partial charge on any atom is 0.238 e. The number of hydrogen-bond acceptors (Lipinski definition) is 3. The van der Waals surface area contributed by atoms with E-state index in [2.05, 4.69) is 20.9 Å². The molecule has 0 spiro atoms. The van der Waals surface area contributed by atoms with Crippen molar-refractivity contribution in [2.75, 3.05) is 0 Å². The first-order valence-corrected chi connectivity index (χ1v) is 7.57. The van der Waals surface area contributed by atoms with Gasteiger partial charge in [-0.3, -0.25) is 4.98 Å². The highest BCUT2D eigenvalue weighted by Gasteiger charge is 2.53. The Morgan fingerprint density at radius 2 is 2.13 bits per heavy atom. The molecule has 2 rings (SSSR count). The standard InChI is InChI=1S/C9H9BrClNO2S/c10-8-3-7(5-12-6-8)4-9(1-2-9)15(11,13)14/h3,5-6H,1-2,4H2. The first-order valence-electron chi connectivity index (χ1n) is 4.47. The van der Waals surface area contributed by atoms with Gasteiger partial charge in [0, 0.05) is 27.5 Å². The van der Waals surface area contributed by atoms with Crippen LogP contribution in [-0.4, -0.2) is 18.1 Å². The highest BCUT2D eigenvalue weighted by atomic mass is 79.9. The van der Waals surface area contributed by atoms with Crippen molar-refractivity contribution in [3.8, 4) is 0 Å². The summed E-state index contributed by atoms with van der Waals surface area (Å²) in [4.78, 5) is 3.99. The van der Waals surface area contributed by atoms with Gasteiger partial charge in [0.15, 0.2) is 0 Å². The van der Waals surface area contributed by atoms with Crippen molar-refractivity contribution in [2.45, 2.75) is 24.0 Å². The lowest BCUT2D eigenvalue weighted by Crippen LogP contribution is -2.20. The summed E-state index contributed by atoms with van der Waals surface area (Å²) in [5, 5.41) is 0. The lowest BCUT2D eigenvalue weighted by Gasteiger charge is -2.10. The van der Waals surface area contributed by atoms with E-state index in [1.54, 1.807) is 12.4 Å². The minimum atomic E-state index is -3.47. The Morgan fingerprint density at radius 3 is 2.60 bits per heavy atom. The van der Waals surface area contributed by atoms with E-state index in [1.807, 2.05) is 6.07 Å². The molecule has 1 aromatic heterocycles. The van der Waals surface area contributed by atoms with Crippen LogP contribution >= 0.6 is 26.6 Å². The molecule has 15 heavy (non-hydrogen) atoms. The second-order valence-corrected chi connectivity index (χ2v) is 7.69. The summed E-state index contributed by atoms with van der Waals surface area (Å²) in [6, 6.07) is 1.87. The van der Waals surface area contributed by atoms with Gasteiger partial charge in [-0.2, -0.15) is 0 Å². The molecule has 6 heteroatoms. The fourth-order valence-electron chi connectivity index (χ4n) is 1.57. The molecule has 0 bridgehead atoms. The van der Waals surface area contributed by atoms with Gasteiger partial charge in [-0.25, -0.2) is 8.42 Å². The summed E-state index contributed by atoms with van der Waals surface area (Å²) < 4.78 is 22.8. The van der Waals surface area contributed by atoms with Crippen LogP contribution in [0.3, 0.4) is 0 Å². The normalized spacial score (nSPS) is 18.8. The van der Waals surface area contributed by atoms with Crippen molar-refractivity contribution in [2.24, 2.45) is 0 Å².